The third kappa shape index (κ3) is 5.87. The molecule has 0 aliphatic rings. The zero-order chi connectivity index (χ0) is 21.6. The number of carbonyl (C=O) groups excluding carboxylic acids is 2. The van der Waals surface area contributed by atoms with E-state index in [2.05, 4.69) is 5.32 Å². The van der Waals surface area contributed by atoms with Crippen molar-refractivity contribution in [3.63, 3.8) is 0 Å². The molecule has 1 N–H and O–H groups in total. The number of nitrogens with one attached hydrogen (secondary N) is 1. The Morgan fingerprint density at radius 1 is 1.14 bits per heavy atom. The number of hydrogen-bond donors (Lipinski definition) is 1. The summed E-state index contributed by atoms with van der Waals surface area (Å²) in [6.07, 6.45) is -2.00. The number of rotatable bonds is 7. The van der Waals surface area contributed by atoms with Gasteiger partial charge in [-0.1, -0.05) is 11.6 Å². The molecule has 2 aromatic rings. The minimum absolute atomic E-state index is 0.394. The van der Waals surface area contributed by atoms with Gasteiger partial charge < -0.3 is 19.5 Å². The van der Waals surface area contributed by atoms with Gasteiger partial charge in [-0.3, -0.25) is 4.79 Å². The number of ether oxygens (including phenoxy) is 3. The maximum absolute atomic E-state index is 12.4. The lowest BCUT2D eigenvalue weighted by Crippen LogP contribution is -2.35. The van der Waals surface area contributed by atoms with Crippen LogP contribution in [0.3, 0.4) is 0 Å². The number of nitrogens with zero attached hydrogens (tertiary/aromatic N) is 1. The molecule has 0 bridgehead atoms. The van der Waals surface area contributed by atoms with Gasteiger partial charge in [0, 0.05) is 11.1 Å². The van der Waals surface area contributed by atoms with Crippen LogP contribution in [0.5, 0.6) is 11.5 Å². The van der Waals surface area contributed by atoms with Crippen molar-refractivity contribution in [2.24, 2.45) is 0 Å². The maximum atomic E-state index is 12.4. The SMILES string of the molecule is COc1cc(Cl)c(C)cc1NC(=O)[C@H](C)OC(=O)[C@H](C)Oc1ccc(C#N)cc1. The third-order valence-electron chi connectivity index (χ3n) is 4.03. The van der Waals surface area contributed by atoms with Gasteiger partial charge in [-0.2, -0.15) is 5.26 Å². The minimum atomic E-state index is -1.06. The number of benzene rings is 2. The molecule has 2 aromatic carbocycles. The topological polar surface area (TPSA) is 97.7 Å². The van der Waals surface area contributed by atoms with Gasteiger partial charge in [-0.05, 0) is 56.7 Å². The first-order chi connectivity index (χ1) is 13.7. The number of amides is 1. The van der Waals surface area contributed by atoms with Gasteiger partial charge in [0.1, 0.15) is 11.5 Å². The molecule has 0 aliphatic heterocycles. The van der Waals surface area contributed by atoms with Crippen LogP contribution in [0.4, 0.5) is 5.69 Å². The number of methoxy groups -OCH3 is 1. The van der Waals surface area contributed by atoms with E-state index in [9.17, 15) is 9.59 Å². The van der Waals surface area contributed by atoms with Gasteiger partial charge in [0.2, 0.25) is 0 Å². The number of halogens is 1. The van der Waals surface area contributed by atoms with Gasteiger partial charge in [0.25, 0.3) is 5.91 Å². The summed E-state index contributed by atoms with van der Waals surface area (Å²) in [5, 5.41) is 12.0. The summed E-state index contributed by atoms with van der Waals surface area (Å²) >= 11 is 6.06. The maximum Gasteiger partial charge on any atom is 0.347 e. The van der Waals surface area contributed by atoms with Gasteiger partial charge in [0.05, 0.1) is 24.4 Å². The molecule has 0 saturated carbocycles. The molecule has 0 aromatic heterocycles. The van der Waals surface area contributed by atoms with E-state index in [1.807, 2.05) is 6.07 Å². The largest absolute Gasteiger partial charge is 0.495 e. The van der Waals surface area contributed by atoms with Crippen LogP contribution in [-0.2, 0) is 14.3 Å². The van der Waals surface area contributed by atoms with Crippen molar-refractivity contribution in [1.82, 2.24) is 0 Å². The Kier molecular flexibility index (Phi) is 7.46. The molecule has 0 unspecified atom stereocenters. The molecule has 0 fully saturated rings. The summed E-state index contributed by atoms with van der Waals surface area (Å²) in [7, 11) is 1.46. The van der Waals surface area contributed by atoms with Gasteiger partial charge in [-0.25, -0.2) is 4.79 Å². The quantitative estimate of drug-likeness (QED) is 0.688. The number of carbonyl (C=O) groups is 2. The standard InChI is InChI=1S/C21H21ClN2O5/c1-12-9-18(19(27-4)10-17(12)22)24-20(25)13(2)29-21(26)14(3)28-16-7-5-15(11-23)6-8-16/h5-10,13-14H,1-4H3,(H,24,25)/t13-,14-/m0/s1. The summed E-state index contributed by atoms with van der Waals surface area (Å²) in [5.74, 6) is -0.419. The summed E-state index contributed by atoms with van der Waals surface area (Å²) in [4.78, 5) is 24.7. The molecule has 152 valence electrons. The summed E-state index contributed by atoms with van der Waals surface area (Å²) in [6.45, 7) is 4.76. The van der Waals surface area contributed by atoms with E-state index in [0.29, 0.717) is 27.8 Å². The molecule has 0 heterocycles. The van der Waals surface area contributed by atoms with Crippen molar-refractivity contribution in [1.29, 1.82) is 5.26 Å². The van der Waals surface area contributed by atoms with Crippen LogP contribution >= 0.6 is 11.6 Å². The zero-order valence-electron chi connectivity index (χ0n) is 16.5. The van der Waals surface area contributed by atoms with E-state index in [0.717, 1.165) is 5.56 Å². The summed E-state index contributed by atoms with van der Waals surface area (Å²) in [6, 6.07) is 11.6. The molecule has 0 saturated heterocycles. The number of anilines is 1. The van der Waals surface area contributed by atoms with E-state index >= 15 is 0 Å². The Morgan fingerprint density at radius 2 is 1.79 bits per heavy atom. The Labute approximate surface area is 174 Å². The fourth-order valence-electron chi connectivity index (χ4n) is 2.35. The normalized spacial score (nSPS) is 12.3. The van der Waals surface area contributed by atoms with Crippen LogP contribution in [0.15, 0.2) is 36.4 Å². The number of nitriles is 1. The fraction of sp³-hybridized carbons (Fsp3) is 0.286. The Balaban J connectivity index is 1.97. The molecule has 0 radical (unpaired) electrons. The van der Waals surface area contributed by atoms with Crippen molar-refractivity contribution in [2.45, 2.75) is 33.0 Å². The Morgan fingerprint density at radius 3 is 2.38 bits per heavy atom. The van der Waals surface area contributed by atoms with Crippen LogP contribution in [0.2, 0.25) is 5.02 Å². The van der Waals surface area contributed by atoms with Crippen LogP contribution in [0.25, 0.3) is 0 Å². The van der Waals surface area contributed by atoms with Crippen LogP contribution in [0.1, 0.15) is 25.0 Å². The molecule has 7 nitrogen and oxygen atoms in total. The van der Waals surface area contributed by atoms with E-state index in [1.54, 1.807) is 43.3 Å². The molecule has 8 heteroatoms. The van der Waals surface area contributed by atoms with Crippen LogP contribution in [-0.4, -0.2) is 31.2 Å². The monoisotopic (exact) mass is 416 g/mol. The first-order valence-electron chi connectivity index (χ1n) is 8.77. The number of hydrogen-bond acceptors (Lipinski definition) is 6. The average Bonchev–Trinajstić information content (AvgIpc) is 2.70. The zero-order valence-corrected chi connectivity index (χ0v) is 17.2. The van der Waals surface area contributed by atoms with Crippen molar-refractivity contribution in [3.8, 4) is 17.6 Å². The summed E-state index contributed by atoms with van der Waals surface area (Å²) < 4.78 is 15.9. The fourth-order valence-corrected chi connectivity index (χ4v) is 2.50. The van der Waals surface area contributed by atoms with E-state index < -0.39 is 24.1 Å². The van der Waals surface area contributed by atoms with Crippen molar-refractivity contribution in [3.05, 3.63) is 52.5 Å². The van der Waals surface area contributed by atoms with E-state index in [-0.39, 0.29) is 0 Å². The second-order valence-corrected chi connectivity index (χ2v) is 6.67. The molecule has 2 atom stereocenters. The van der Waals surface area contributed by atoms with Gasteiger partial charge in [0.15, 0.2) is 12.2 Å². The molecular weight excluding hydrogens is 396 g/mol. The second-order valence-electron chi connectivity index (χ2n) is 6.27. The predicted molar refractivity (Wildman–Crippen MR) is 108 cm³/mol. The number of esters is 1. The van der Waals surface area contributed by atoms with Crippen LogP contribution < -0.4 is 14.8 Å². The lowest BCUT2D eigenvalue weighted by Gasteiger charge is -2.19. The average molecular weight is 417 g/mol. The molecule has 0 aliphatic carbocycles. The third-order valence-corrected chi connectivity index (χ3v) is 4.44. The van der Waals surface area contributed by atoms with Crippen LogP contribution in [0, 0.1) is 18.3 Å². The van der Waals surface area contributed by atoms with E-state index in [1.165, 1.54) is 21.0 Å². The highest BCUT2D eigenvalue weighted by Gasteiger charge is 2.24. The predicted octanol–water partition coefficient (Wildman–Crippen LogP) is 3.87. The first-order valence-corrected chi connectivity index (χ1v) is 9.15. The van der Waals surface area contributed by atoms with Gasteiger partial charge >= 0.3 is 5.97 Å². The molecule has 0 spiro atoms. The molecule has 29 heavy (non-hydrogen) atoms. The minimum Gasteiger partial charge on any atom is -0.495 e. The highest BCUT2D eigenvalue weighted by atomic mass is 35.5. The highest BCUT2D eigenvalue weighted by Crippen LogP contribution is 2.31. The smallest absolute Gasteiger partial charge is 0.347 e. The van der Waals surface area contributed by atoms with E-state index in [4.69, 9.17) is 31.1 Å². The molecule has 1 amide bonds. The van der Waals surface area contributed by atoms with Crippen molar-refractivity contribution >= 4 is 29.2 Å². The Bertz CT molecular complexity index is 937. The number of aryl methyl sites for hydroxylation is 1. The highest BCUT2D eigenvalue weighted by molar-refractivity contribution is 6.31. The Hall–Kier alpha value is -3.24. The lowest BCUT2D eigenvalue weighted by molar-refractivity contribution is -0.159. The molecular formula is C21H21ClN2O5. The van der Waals surface area contributed by atoms with Crippen molar-refractivity contribution in [2.75, 3.05) is 12.4 Å². The lowest BCUT2D eigenvalue weighted by atomic mass is 10.2. The first kappa shape index (κ1) is 22.1. The van der Waals surface area contributed by atoms with Gasteiger partial charge in [-0.15, -0.1) is 0 Å². The summed E-state index contributed by atoms with van der Waals surface area (Å²) in [5.41, 5.74) is 1.66. The second kappa shape index (κ2) is 9.80. The van der Waals surface area contributed by atoms with Crippen molar-refractivity contribution < 1.29 is 23.8 Å². The molecule has 2 rings (SSSR count).